The number of rotatable bonds is 2. The summed E-state index contributed by atoms with van der Waals surface area (Å²) in [6, 6.07) is 3.57. The lowest BCUT2D eigenvalue weighted by molar-refractivity contribution is -0.138. The molecule has 1 aliphatic rings. The highest BCUT2D eigenvalue weighted by Crippen LogP contribution is 2.49. The van der Waals surface area contributed by atoms with Crippen molar-refractivity contribution in [3.63, 3.8) is 0 Å². The molecule has 0 amide bonds. The van der Waals surface area contributed by atoms with Gasteiger partial charge in [0, 0.05) is 31.1 Å². The largest absolute Gasteiger partial charge is 0.481 e. The van der Waals surface area contributed by atoms with Crippen LogP contribution >= 0.6 is 11.6 Å². The molecule has 1 aliphatic carbocycles. The van der Waals surface area contributed by atoms with Crippen LogP contribution < -0.4 is 0 Å². The highest BCUT2D eigenvalue weighted by molar-refractivity contribution is 6.29. The Hall–Kier alpha value is -2.41. The van der Waals surface area contributed by atoms with Gasteiger partial charge in [-0.1, -0.05) is 11.6 Å². The first kappa shape index (κ1) is 14.2. The molecule has 0 saturated carbocycles. The van der Waals surface area contributed by atoms with Crippen molar-refractivity contribution in [1.29, 1.82) is 0 Å². The average Bonchev–Trinajstić information content (AvgIpc) is 3.14. The third-order valence-corrected chi connectivity index (χ3v) is 4.75. The zero-order chi connectivity index (χ0) is 16.4. The number of carboxylic acid groups (broad SMARTS) is 1. The van der Waals surface area contributed by atoms with Gasteiger partial charge in [0.15, 0.2) is 10.8 Å². The smallest absolute Gasteiger partial charge is 0.311 e. The van der Waals surface area contributed by atoms with Crippen molar-refractivity contribution < 1.29 is 9.90 Å². The van der Waals surface area contributed by atoms with Gasteiger partial charge in [0.1, 0.15) is 0 Å². The molecule has 2 atom stereocenters. The summed E-state index contributed by atoms with van der Waals surface area (Å²) >= 11 is 6.02. The lowest BCUT2D eigenvalue weighted by Gasteiger charge is -2.23. The molecule has 0 spiro atoms. The Morgan fingerprint density at radius 2 is 2.26 bits per heavy atom. The van der Waals surface area contributed by atoms with Crippen LogP contribution in [-0.4, -0.2) is 35.5 Å². The molecule has 3 aromatic heterocycles. The molecule has 2 unspecified atom stereocenters. The number of nitrogens with zero attached hydrogens (tertiary/aromatic N) is 5. The summed E-state index contributed by atoms with van der Waals surface area (Å²) in [5.74, 6) is -1.51. The van der Waals surface area contributed by atoms with Gasteiger partial charge in [0.05, 0.1) is 22.7 Å². The predicted octanol–water partition coefficient (Wildman–Crippen LogP) is 1.99. The summed E-state index contributed by atoms with van der Waals surface area (Å²) in [6.07, 6.45) is 3.88. The van der Waals surface area contributed by atoms with E-state index < -0.39 is 17.3 Å². The van der Waals surface area contributed by atoms with E-state index in [1.54, 1.807) is 21.5 Å². The molecule has 0 aromatic carbocycles. The summed E-state index contributed by atoms with van der Waals surface area (Å²) in [5.41, 5.74) is 2.29. The van der Waals surface area contributed by atoms with E-state index in [-0.39, 0.29) is 0 Å². The molecule has 118 valence electrons. The molecule has 8 heteroatoms. The Bertz CT molecular complexity index is 947. The van der Waals surface area contributed by atoms with Crippen LogP contribution in [0.5, 0.6) is 0 Å². The van der Waals surface area contributed by atoms with Crippen molar-refractivity contribution in [1.82, 2.24) is 24.4 Å². The van der Waals surface area contributed by atoms with Crippen molar-refractivity contribution in [2.24, 2.45) is 7.05 Å². The van der Waals surface area contributed by atoms with Crippen molar-refractivity contribution in [2.75, 3.05) is 0 Å². The number of hydrogen-bond acceptors (Lipinski definition) is 4. The molecule has 3 heterocycles. The maximum atomic E-state index is 11.7. The van der Waals surface area contributed by atoms with E-state index in [0.29, 0.717) is 22.8 Å². The van der Waals surface area contributed by atoms with Crippen molar-refractivity contribution in [3.05, 3.63) is 46.6 Å². The third kappa shape index (κ3) is 1.89. The van der Waals surface area contributed by atoms with Gasteiger partial charge in [0.2, 0.25) is 0 Å². The van der Waals surface area contributed by atoms with Crippen molar-refractivity contribution in [2.45, 2.75) is 24.7 Å². The Morgan fingerprint density at radius 3 is 2.91 bits per heavy atom. The van der Waals surface area contributed by atoms with E-state index in [9.17, 15) is 9.90 Å². The summed E-state index contributed by atoms with van der Waals surface area (Å²) in [5, 5.41) is 18.7. The lowest BCUT2D eigenvalue weighted by atomic mass is 9.83. The normalized spacial score (nSPS) is 23.3. The molecule has 4 rings (SSSR count). The number of carbonyl (C=O) groups is 1. The van der Waals surface area contributed by atoms with Crippen LogP contribution in [0.3, 0.4) is 0 Å². The van der Waals surface area contributed by atoms with E-state index >= 15 is 0 Å². The Labute approximate surface area is 136 Å². The first-order valence-corrected chi connectivity index (χ1v) is 7.55. The molecule has 0 fully saturated rings. The van der Waals surface area contributed by atoms with Gasteiger partial charge < -0.3 is 5.11 Å². The zero-order valence-electron chi connectivity index (χ0n) is 12.6. The fraction of sp³-hybridized carbons (Fsp3) is 0.333. The second-order valence-corrected chi connectivity index (χ2v) is 6.49. The van der Waals surface area contributed by atoms with Crippen LogP contribution in [0.15, 0.2) is 24.5 Å². The van der Waals surface area contributed by atoms with Gasteiger partial charge in [0.25, 0.3) is 0 Å². The molecule has 0 aliphatic heterocycles. The summed E-state index contributed by atoms with van der Waals surface area (Å²) in [6.45, 7) is 1.99. The van der Waals surface area contributed by atoms with Gasteiger partial charge in [-0.15, -0.1) is 0 Å². The maximum absolute atomic E-state index is 11.7. The van der Waals surface area contributed by atoms with Crippen LogP contribution in [0, 0.1) is 0 Å². The van der Waals surface area contributed by atoms with Crippen LogP contribution in [0.1, 0.15) is 36.2 Å². The van der Waals surface area contributed by atoms with Crippen LogP contribution in [0.2, 0.25) is 5.15 Å². The minimum absolute atomic E-state index is 0.327. The van der Waals surface area contributed by atoms with Crippen LogP contribution in [-0.2, 0) is 17.3 Å². The Morgan fingerprint density at radius 1 is 1.48 bits per heavy atom. The Balaban J connectivity index is 2.05. The molecule has 1 N–H and O–H groups in total. The van der Waals surface area contributed by atoms with Crippen LogP contribution in [0.25, 0.3) is 5.65 Å². The highest BCUT2D eigenvalue weighted by atomic mass is 35.5. The fourth-order valence-corrected chi connectivity index (χ4v) is 3.67. The monoisotopic (exact) mass is 331 g/mol. The number of halogens is 1. The summed E-state index contributed by atoms with van der Waals surface area (Å²) < 4.78 is 3.36. The van der Waals surface area contributed by atoms with E-state index in [4.69, 9.17) is 11.6 Å². The van der Waals surface area contributed by atoms with Crippen molar-refractivity contribution in [3.8, 4) is 0 Å². The standard InChI is InChI=1S/C15H14ClN5O2/c1-15(10-3-4-20(2)18-10)6-8(14(22)23)9-7-17-12-5-11(16)19-21(12)13(9)15/h3-5,7-8H,6H2,1-2H3,(H,22,23). The summed E-state index contributed by atoms with van der Waals surface area (Å²) in [4.78, 5) is 16.0. The SMILES string of the molecule is Cn1ccc(C2(C)CC(C(=O)O)c3cnc4cc(Cl)nn4c32)n1. The number of hydrogen-bond donors (Lipinski definition) is 1. The summed E-state index contributed by atoms with van der Waals surface area (Å²) in [7, 11) is 1.84. The molecule has 0 bridgehead atoms. The quantitative estimate of drug-likeness (QED) is 0.776. The number of aromatic nitrogens is 5. The average molecular weight is 332 g/mol. The first-order valence-electron chi connectivity index (χ1n) is 7.18. The lowest BCUT2D eigenvalue weighted by Crippen LogP contribution is -2.25. The Kier molecular flexibility index (Phi) is 2.81. The molecule has 0 saturated heterocycles. The predicted molar refractivity (Wildman–Crippen MR) is 82.7 cm³/mol. The highest BCUT2D eigenvalue weighted by Gasteiger charge is 2.48. The number of aliphatic carboxylic acids is 1. The van der Waals surface area contributed by atoms with Crippen LogP contribution in [0.4, 0.5) is 0 Å². The molecule has 23 heavy (non-hydrogen) atoms. The number of aryl methyl sites for hydroxylation is 1. The van der Waals surface area contributed by atoms with Gasteiger partial charge >= 0.3 is 5.97 Å². The molecule has 7 nitrogen and oxygen atoms in total. The molecule has 0 radical (unpaired) electrons. The van der Waals surface area contributed by atoms with Gasteiger partial charge in [-0.05, 0) is 19.4 Å². The van der Waals surface area contributed by atoms with Crippen molar-refractivity contribution >= 4 is 23.2 Å². The third-order valence-electron chi connectivity index (χ3n) is 4.57. The number of carboxylic acids is 1. The second kappa shape index (κ2) is 4.55. The van der Waals surface area contributed by atoms with E-state index in [1.807, 2.05) is 26.2 Å². The van der Waals surface area contributed by atoms with Gasteiger partial charge in [-0.3, -0.25) is 9.48 Å². The first-order chi connectivity index (χ1) is 10.9. The van der Waals surface area contributed by atoms with E-state index in [2.05, 4.69) is 15.2 Å². The fourth-order valence-electron chi connectivity index (χ4n) is 3.50. The minimum atomic E-state index is -0.870. The second-order valence-electron chi connectivity index (χ2n) is 6.10. The molecule has 3 aromatic rings. The van der Waals surface area contributed by atoms with E-state index in [1.165, 1.54) is 0 Å². The van der Waals surface area contributed by atoms with E-state index in [0.717, 1.165) is 11.4 Å². The molecular weight excluding hydrogens is 318 g/mol. The van der Waals surface area contributed by atoms with Gasteiger partial charge in [-0.2, -0.15) is 10.2 Å². The maximum Gasteiger partial charge on any atom is 0.311 e. The van der Waals surface area contributed by atoms with Gasteiger partial charge in [-0.25, -0.2) is 9.50 Å². The minimum Gasteiger partial charge on any atom is -0.481 e. The zero-order valence-corrected chi connectivity index (χ0v) is 13.3. The molecular formula is C15H14ClN5O2. The number of fused-ring (bicyclic) bond motifs is 3. The topological polar surface area (TPSA) is 85.3 Å².